The van der Waals surface area contributed by atoms with Crippen molar-refractivity contribution in [1.29, 1.82) is 0 Å². The SMILES string of the molecule is Cc1cc(C)n(CCNC(=O)c2ccc3c(c2)CNCCCCCCCN3C(=O)c2cccnc2)n1. The highest BCUT2D eigenvalue weighted by atomic mass is 16.2. The lowest BCUT2D eigenvalue weighted by molar-refractivity contribution is 0.0950. The van der Waals surface area contributed by atoms with Gasteiger partial charge in [0.2, 0.25) is 0 Å². The maximum atomic E-state index is 13.5. The molecule has 0 saturated carbocycles. The number of nitrogens with one attached hydrogen (secondary N) is 2. The number of amides is 2. The number of benzene rings is 1. The molecule has 0 radical (unpaired) electrons. The number of carbonyl (C=O) groups excluding carboxylic acids is 2. The van der Waals surface area contributed by atoms with Gasteiger partial charge in [0.05, 0.1) is 17.8 Å². The average Bonchev–Trinajstić information content (AvgIpc) is 3.21. The van der Waals surface area contributed by atoms with Gasteiger partial charge in [0, 0.05) is 49.0 Å². The highest BCUT2D eigenvalue weighted by molar-refractivity contribution is 6.06. The second-order valence-corrected chi connectivity index (χ2v) is 9.39. The van der Waals surface area contributed by atoms with E-state index in [9.17, 15) is 9.59 Å². The molecular weight excluding hydrogens is 452 g/mol. The summed E-state index contributed by atoms with van der Waals surface area (Å²) in [6, 6.07) is 11.2. The fourth-order valence-corrected chi connectivity index (χ4v) is 4.66. The monoisotopic (exact) mass is 488 g/mol. The normalized spacial score (nSPS) is 14.9. The van der Waals surface area contributed by atoms with E-state index in [1.54, 1.807) is 24.5 Å². The minimum atomic E-state index is -0.129. The first-order valence-electron chi connectivity index (χ1n) is 12.9. The summed E-state index contributed by atoms with van der Waals surface area (Å²) in [7, 11) is 0. The second kappa shape index (κ2) is 12.4. The van der Waals surface area contributed by atoms with Crippen molar-refractivity contribution in [3.63, 3.8) is 0 Å². The van der Waals surface area contributed by atoms with Crippen LogP contribution in [0.25, 0.3) is 0 Å². The summed E-state index contributed by atoms with van der Waals surface area (Å²) in [5, 5.41) is 11.0. The van der Waals surface area contributed by atoms with Crippen LogP contribution in [0, 0.1) is 13.8 Å². The molecule has 0 atom stereocenters. The molecule has 1 aliphatic heterocycles. The van der Waals surface area contributed by atoms with Crippen molar-refractivity contribution in [1.82, 2.24) is 25.4 Å². The lowest BCUT2D eigenvalue weighted by Gasteiger charge is -2.26. The highest BCUT2D eigenvalue weighted by Gasteiger charge is 2.22. The summed E-state index contributed by atoms with van der Waals surface area (Å²) in [5.41, 5.74) is 4.98. The molecular formula is C28H36N6O2. The van der Waals surface area contributed by atoms with Crippen molar-refractivity contribution in [2.45, 2.75) is 59.0 Å². The van der Waals surface area contributed by atoms with Crippen LogP contribution in [-0.2, 0) is 13.1 Å². The molecule has 0 spiro atoms. The maximum absolute atomic E-state index is 13.5. The Morgan fingerprint density at radius 3 is 2.64 bits per heavy atom. The number of rotatable bonds is 5. The summed E-state index contributed by atoms with van der Waals surface area (Å²) in [5.74, 6) is -0.195. The standard InChI is InChI=1S/C28H36N6O2/c1-21-17-22(2)34(32-21)16-14-31-27(35)23-10-11-26-25(18-23)20-29-12-6-4-3-5-7-15-33(26)28(36)24-9-8-13-30-19-24/h8-11,13,17-19,29H,3-7,12,14-16,20H2,1-2H3,(H,31,35). The first kappa shape index (κ1) is 25.6. The number of aryl methyl sites for hydroxylation is 2. The quantitative estimate of drug-likeness (QED) is 0.566. The van der Waals surface area contributed by atoms with E-state index in [-0.39, 0.29) is 11.8 Å². The number of carbonyl (C=O) groups is 2. The minimum Gasteiger partial charge on any atom is -0.350 e. The lowest BCUT2D eigenvalue weighted by Crippen LogP contribution is -2.34. The Balaban J connectivity index is 1.55. The third-order valence-electron chi connectivity index (χ3n) is 6.55. The molecule has 3 aromatic rings. The molecule has 8 nitrogen and oxygen atoms in total. The zero-order valence-corrected chi connectivity index (χ0v) is 21.3. The summed E-state index contributed by atoms with van der Waals surface area (Å²) in [6.07, 6.45) is 8.77. The van der Waals surface area contributed by atoms with Gasteiger partial charge in [-0.1, -0.05) is 19.3 Å². The molecule has 3 heterocycles. The molecule has 0 aliphatic carbocycles. The number of hydrogen-bond donors (Lipinski definition) is 2. The summed E-state index contributed by atoms with van der Waals surface area (Å²) in [6.45, 7) is 7.22. The molecule has 0 saturated heterocycles. The van der Waals surface area contributed by atoms with Gasteiger partial charge in [-0.25, -0.2) is 0 Å². The van der Waals surface area contributed by atoms with E-state index in [1.165, 1.54) is 12.8 Å². The summed E-state index contributed by atoms with van der Waals surface area (Å²) in [4.78, 5) is 32.4. The predicted octanol–water partition coefficient (Wildman–Crippen LogP) is 4.03. The fourth-order valence-electron chi connectivity index (χ4n) is 4.66. The Morgan fingerprint density at radius 1 is 1.03 bits per heavy atom. The van der Waals surface area contributed by atoms with Crippen LogP contribution in [0.1, 0.15) is 69.8 Å². The Labute approximate surface area is 213 Å². The number of nitrogens with zero attached hydrogens (tertiary/aromatic N) is 4. The van der Waals surface area contributed by atoms with Crippen LogP contribution < -0.4 is 15.5 Å². The van der Waals surface area contributed by atoms with Gasteiger partial charge in [-0.2, -0.15) is 5.10 Å². The molecule has 2 N–H and O–H groups in total. The third kappa shape index (κ3) is 6.57. The van der Waals surface area contributed by atoms with Crippen LogP contribution in [0.2, 0.25) is 0 Å². The number of anilines is 1. The van der Waals surface area contributed by atoms with Gasteiger partial charge >= 0.3 is 0 Å². The Morgan fingerprint density at radius 2 is 1.86 bits per heavy atom. The van der Waals surface area contributed by atoms with E-state index in [2.05, 4.69) is 20.7 Å². The maximum Gasteiger partial charge on any atom is 0.259 e. The van der Waals surface area contributed by atoms with Gasteiger partial charge in [-0.15, -0.1) is 0 Å². The lowest BCUT2D eigenvalue weighted by atomic mass is 10.0. The second-order valence-electron chi connectivity index (χ2n) is 9.39. The molecule has 2 aromatic heterocycles. The van der Waals surface area contributed by atoms with Crippen molar-refractivity contribution >= 4 is 17.5 Å². The number of hydrogen-bond acceptors (Lipinski definition) is 5. The van der Waals surface area contributed by atoms with E-state index < -0.39 is 0 Å². The van der Waals surface area contributed by atoms with E-state index in [4.69, 9.17) is 0 Å². The van der Waals surface area contributed by atoms with Gasteiger partial charge < -0.3 is 15.5 Å². The van der Waals surface area contributed by atoms with E-state index in [1.807, 2.05) is 47.7 Å². The zero-order valence-electron chi connectivity index (χ0n) is 21.3. The minimum absolute atomic E-state index is 0.0662. The van der Waals surface area contributed by atoms with Crippen molar-refractivity contribution in [2.24, 2.45) is 0 Å². The molecule has 190 valence electrons. The first-order chi connectivity index (χ1) is 17.5. The van der Waals surface area contributed by atoms with Crippen molar-refractivity contribution < 1.29 is 9.59 Å². The van der Waals surface area contributed by atoms with Gasteiger partial charge in [-0.3, -0.25) is 19.3 Å². The van der Waals surface area contributed by atoms with Crippen molar-refractivity contribution in [2.75, 3.05) is 24.5 Å². The van der Waals surface area contributed by atoms with Crippen molar-refractivity contribution in [3.05, 3.63) is 76.9 Å². The zero-order chi connectivity index (χ0) is 25.3. The van der Waals surface area contributed by atoms with Gasteiger partial charge in [-0.05, 0) is 75.2 Å². The van der Waals surface area contributed by atoms with E-state index in [0.29, 0.717) is 37.3 Å². The molecule has 4 rings (SSSR count). The number of fused-ring (bicyclic) bond motifs is 1. The largest absolute Gasteiger partial charge is 0.350 e. The Kier molecular flexibility index (Phi) is 8.84. The van der Waals surface area contributed by atoms with Gasteiger partial charge in [0.1, 0.15) is 0 Å². The molecule has 1 aromatic carbocycles. The third-order valence-corrected chi connectivity index (χ3v) is 6.55. The first-order valence-corrected chi connectivity index (χ1v) is 12.9. The topological polar surface area (TPSA) is 92.2 Å². The van der Waals surface area contributed by atoms with Crippen LogP contribution >= 0.6 is 0 Å². The molecule has 8 heteroatoms. The number of aromatic nitrogens is 3. The fraction of sp³-hybridized carbons (Fsp3) is 0.429. The Hall–Kier alpha value is -3.52. The van der Waals surface area contributed by atoms with Gasteiger partial charge in [0.15, 0.2) is 0 Å². The van der Waals surface area contributed by atoms with Crippen LogP contribution in [0.3, 0.4) is 0 Å². The van der Waals surface area contributed by atoms with Crippen LogP contribution in [0.5, 0.6) is 0 Å². The molecule has 0 unspecified atom stereocenters. The van der Waals surface area contributed by atoms with Crippen LogP contribution in [0.4, 0.5) is 5.69 Å². The average molecular weight is 489 g/mol. The predicted molar refractivity (Wildman–Crippen MR) is 141 cm³/mol. The molecule has 36 heavy (non-hydrogen) atoms. The molecule has 0 bridgehead atoms. The van der Waals surface area contributed by atoms with Crippen LogP contribution in [-0.4, -0.2) is 46.2 Å². The van der Waals surface area contributed by atoms with Gasteiger partial charge in [0.25, 0.3) is 11.8 Å². The molecule has 0 fully saturated rings. The smallest absolute Gasteiger partial charge is 0.259 e. The van der Waals surface area contributed by atoms with E-state index in [0.717, 1.165) is 48.4 Å². The molecule has 1 aliphatic rings. The highest BCUT2D eigenvalue weighted by Crippen LogP contribution is 2.25. The van der Waals surface area contributed by atoms with Crippen molar-refractivity contribution in [3.8, 4) is 0 Å². The number of pyridine rings is 1. The summed E-state index contributed by atoms with van der Waals surface area (Å²) >= 11 is 0. The molecule has 2 amide bonds. The van der Waals surface area contributed by atoms with Crippen LogP contribution in [0.15, 0.2) is 48.8 Å². The van der Waals surface area contributed by atoms with E-state index >= 15 is 0 Å². The Bertz CT molecular complexity index is 1170. The summed E-state index contributed by atoms with van der Waals surface area (Å²) < 4.78 is 1.90.